The van der Waals surface area contributed by atoms with E-state index >= 15 is 0 Å². The molecule has 0 aromatic carbocycles. The maximum atomic E-state index is 4.68. The molecular formula is C16H27N3. The van der Waals surface area contributed by atoms with Crippen molar-refractivity contribution in [3.63, 3.8) is 0 Å². The number of anilines is 1. The summed E-state index contributed by atoms with van der Waals surface area (Å²) in [6.07, 6.45) is 7.03. The van der Waals surface area contributed by atoms with Crippen LogP contribution in [0.5, 0.6) is 0 Å². The number of hydrogen-bond donors (Lipinski definition) is 1. The van der Waals surface area contributed by atoms with E-state index in [2.05, 4.69) is 49.1 Å². The summed E-state index contributed by atoms with van der Waals surface area (Å²) in [6, 6.07) is 3.62. The molecule has 0 unspecified atom stereocenters. The van der Waals surface area contributed by atoms with Crippen molar-refractivity contribution in [3.8, 4) is 0 Å². The highest BCUT2D eigenvalue weighted by Gasteiger charge is 2.20. The molecule has 1 N–H and O–H groups in total. The largest absolute Gasteiger partial charge is 0.357 e. The van der Waals surface area contributed by atoms with Crippen molar-refractivity contribution in [2.45, 2.75) is 65.1 Å². The third-order valence-electron chi connectivity index (χ3n) is 4.10. The highest BCUT2D eigenvalue weighted by molar-refractivity contribution is 5.47. The van der Waals surface area contributed by atoms with Gasteiger partial charge in [-0.25, -0.2) is 4.98 Å². The van der Waals surface area contributed by atoms with Gasteiger partial charge in [0.15, 0.2) is 0 Å². The van der Waals surface area contributed by atoms with E-state index in [1.807, 2.05) is 6.20 Å². The van der Waals surface area contributed by atoms with Crippen molar-refractivity contribution in [1.82, 2.24) is 10.3 Å². The Morgan fingerprint density at radius 2 is 2.05 bits per heavy atom. The van der Waals surface area contributed by atoms with E-state index < -0.39 is 0 Å². The third kappa shape index (κ3) is 3.69. The molecule has 0 saturated heterocycles. The fourth-order valence-electron chi connectivity index (χ4n) is 2.65. The Morgan fingerprint density at radius 1 is 1.37 bits per heavy atom. The fourth-order valence-corrected chi connectivity index (χ4v) is 2.65. The maximum absolute atomic E-state index is 4.68. The average Bonchev–Trinajstić information content (AvgIpc) is 3.21. The van der Waals surface area contributed by atoms with Gasteiger partial charge < -0.3 is 10.2 Å². The lowest BCUT2D eigenvalue weighted by molar-refractivity contribution is 0.585. The number of pyridine rings is 1. The van der Waals surface area contributed by atoms with E-state index in [1.54, 1.807) is 0 Å². The van der Waals surface area contributed by atoms with Gasteiger partial charge in [0.25, 0.3) is 0 Å². The van der Waals surface area contributed by atoms with Crippen molar-refractivity contribution in [1.29, 1.82) is 0 Å². The first kappa shape index (κ1) is 14.3. The zero-order valence-corrected chi connectivity index (χ0v) is 12.7. The predicted octanol–water partition coefficient (Wildman–Crippen LogP) is 3.27. The smallest absolute Gasteiger partial charge is 0.131 e. The van der Waals surface area contributed by atoms with Gasteiger partial charge in [0.1, 0.15) is 5.82 Å². The SMILES string of the molecule is CCC(CC)N(C)c1ncc(CNC2CC2)cc1C. The fraction of sp³-hybridized carbons (Fsp3) is 0.688. The molecule has 0 bridgehead atoms. The lowest BCUT2D eigenvalue weighted by Crippen LogP contribution is -2.31. The molecule has 1 aliphatic carbocycles. The monoisotopic (exact) mass is 261 g/mol. The molecule has 1 aliphatic rings. The Balaban J connectivity index is 2.04. The van der Waals surface area contributed by atoms with E-state index in [9.17, 15) is 0 Å². The topological polar surface area (TPSA) is 28.2 Å². The van der Waals surface area contributed by atoms with E-state index in [1.165, 1.54) is 36.8 Å². The second kappa shape index (κ2) is 6.38. The van der Waals surface area contributed by atoms with Crippen LogP contribution < -0.4 is 10.2 Å². The Labute approximate surface area is 117 Å². The van der Waals surface area contributed by atoms with E-state index in [0.717, 1.165) is 18.4 Å². The second-order valence-electron chi connectivity index (χ2n) is 5.72. The third-order valence-corrected chi connectivity index (χ3v) is 4.10. The van der Waals surface area contributed by atoms with Crippen molar-refractivity contribution >= 4 is 5.82 Å². The normalized spacial score (nSPS) is 15.0. The molecule has 0 atom stereocenters. The summed E-state index contributed by atoms with van der Waals surface area (Å²) in [6.45, 7) is 7.61. The summed E-state index contributed by atoms with van der Waals surface area (Å²) in [5.41, 5.74) is 2.58. The quantitative estimate of drug-likeness (QED) is 0.816. The summed E-state index contributed by atoms with van der Waals surface area (Å²) in [4.78, 5) is 7.01. The van der Waals surface area contributed by atoms with Gasteiger partial charge in [-0.05, 0) is 49.8 Å². The molecule has 1 saturated carbocycles. The van der Waals surface area contributed by atoms with Crippen LogP contribution in [0.4, 0.5) is 5.82 Å². The molecule has 3 nitrogen and oxygen atoms in total. The number of nitrogens with zero attached hydrogens (tertiary/aromatic N) is 2. The average molecular weight is 261 g/mol. The Bertz CT molecular complexity index is 408. The molecule has 2 rings (SSSR count). The minimum absolute atomic E-state index is 0.585. The van der Waals surface area contributed by atoms with E-state index in [-0.39, 0.29) is 0 Å². The Kier molecular flexibility index (Phi) is 4.81. The molecule has 1 heterocycles. The molecule has 19 heavy (non-hydrogen) atoms. The van der Waals surface area contributed by atoms with Crippen LogP contribution in [-0.2, 0) is 6.54 Å². The summed E-state index contributed by atoms with van der Waals surface area (Å²) in [5.74, 6) is 1.13. The molecule has 1 aromatic rings. The molecule has 1 fully saturated rings. The molecule has 0 amide bonds. The molecule has 0 spiro atoms. The minimum atomic E-state index is 0.585. The maximum Gasteiger partial charge on any atom is 0.131 e. The standard InChI is InChI=1S/C16H27N3/c1-5-15(6-2)19(4)16-12(3)9-13(11-18-16)10-17-14-7-8-14/h9,11,14-15,17H,5-8,10H2,1-4H3. The minimum Gasteiger partial charge on any atom is -0.357 e. The number of rotatable bonds is 7. The van der Waals surface area contributed by atoms with Gasteiger partial charge in [0, 0.05) is 31.9 Å². The van der Waals surface area contributed by atoms with Crippen molar-refractivity contribution < 1.29 is 0 Å². The van der Waals surface area contributed by atoms with Gasteiger partial charge in [0.05, 0.1) is 0 Å². The number of nitrogens with one attached hydrogen (secondary N) is 1. The highest BCUT2D eigenvalue weighted by Crippen LogP contribution is 2.22. The van der Waals surface area contributed by atoms with Gasteiger partial charge in [0.2, 0.25) is 0 Å². The second-order valence-corrected chi connectivity index (χ2v) is 5.72. The number of aryl methyl sites for hydroxylation is 1. The van der Waals surface area contributed by atoms with Gasteiger partial charge >= 0.3 is 0 Å². The molecule has 0 radical (unpaired) electrons. The van der Waals surface area contributed by atoms with Gasteiger partial charge in [-0.3, -0.25) is 0 Å². The lowest BCUT2D eigenvalue weighted by Gasteiger charge is -2.28. The lowest BCUT2D eigenvalue weighted by atomic mass is 10.1. The van der Waals surface area contributed by atoms with Crippen LogP contribution in [0.3, 0.4) is 0 Å². The van der Waals surface area contributed by atoms with Gasteiger partial charge in [-0.1, -0.05) is 13.8 Å². The summed E-state index contributed by atoms with van der Waals surface area (Å²) >= 11 is 0. The van der Waals surface area contributed by atoms with Crippen LogP contribution in [0.1, 0.15) is 50.7 Å². The molecule has 1 aromatic heterocycles. The first-order chi connectivity index (χ1) is 9.15. The summed E-state index contributed by atoms with van der Waals surface area (Å²) < 4.78 is 0. The first-order valence-corrected chi connectivity index (χ1v) is 7.57. The summed E-state index contributed by atoms with van der Waals surface area (Å²) in [5, 5.41) is 3.54. The van der Waals surface area contributed by atoms with Gasteiger partial charge in [-0.2, -0.15) is 0 Å². The zero-order valence-electron chi connectivity index (χ0n) is 12.7. The van der Waals surface area contributed by atoms with Crippen molar-refractivity contribution in [2.24, 2.45) is 0 Å². The highest BCUT2D eigenvalue weighted by atomic mass is 15.2. The molecule has 0 aliphatic heterocycles. The Morgan fingerprint density at radius 3 is 2.58 bits per heavy atom. The van der Waals surface area contributed by atoms with Crippen LogP contribution in [0.2, 0.25) is 0 Å². The molecular weight excluding hydrogens is 234 g/mol. The van der Waals surface area contributed by atoms with Crippen LogP contribution in [0.15, 0.2) is 12.3 Å². The van der Waals surface area contributed by atoms with Crippen molar-refractivity contribution in [3.05, 3.63) is 23.4 Å². The number of hydrogen-bond acceptors (Lipinski definition) is 3. The van der Waals surface area contributed by atoms with Crippen LogP contribution >= 0.6 is 0 Å². The molecule has 3 heteroatoms. The first-order valence-electron chi connectivity index (χ1n) is 7.57. The van der Waals surface area contributed by atoms with Crippen molar-refractivity contribution in [2.75, 3.05) is 11.9 Å². The molecule has 106 valence electrons. The number of aromatic nitrogens is 1. The summed E-state index contributed by atoms with van der Waals surface area (Å²) in [7, 11) is 2.16. The zero-order chi connectivity index (χ0) is 13.8. The Hall–Kier alpha value is -1.09. The van der Waals surface area contributed by atoms with Gasteiger partial charge in [-0.15, -0.1) is 0 Å². The van der Waals surface area contributed by atoms with Crippen LogP contribution in [-0.4, -0.2) is 24.1 Å². The predicted molar refractivity (Wildman–Crippen MR) is 81.6 cm³/mol. The van der Waals surface area contributed by atoms with Crippen LogP contribution in [0.25, 0.3) is 0 Å². The van der Waals surface area contributed by atoms with E-state index in [0.29, 0.717) is 6.04 Å². The van der Waals surface area contributed by atoms with Crippen LogP contribution in [0, 0.1) is 6.92 Å². The van der Waals surface area contributed by atoms with E-state index in [4.69, 9.17) is 0 Å².